The van der Waals surface area contributed by atoms with Crippen LogP contribution in [0, 0.1) is 10.1 Å². The molecule has 1 amide bonds. The Kier molecular flexibility index (Phi) is 6.90. The number of para-hydroxylation sites is 2. The summed E-state index contributed by atoms with van der Waals surface area (Å²) in [5.74, 6) is -0.871. The second kappa shape index (κ2) is 9.01. The van der Waals surface area contributed by atoms with Gasteiger partial charge >= 0.3 is 18.0 Å². The van der Waals surface area contributed by atoms with Gasteiger partial charge in [0.1, 0.15) is 0 Å². The normalized spacial score (nSPS) is 11.8. The van der Waals surface area contributed by atoms with Crippen molar-refractivity contribution in [3.05, 3.63) is 63.7 Å². The number of nitro benzene ring substituents is 1. The molecule has 162 valence electrons. The average Bonchev–Trinajstić information content (AvgIpc) is 2.63. The summed E-state index contributed by atoms with van der Waals surface area (Å²) in [5, 5.41) is 12.9. The lowest BCUT2D eigenvalue weighted by Gasteiger charge is -2.14. The van der Waals surface area contributed by atoms with E-state index in [-0.39, 0.29) is 37.0 Å². The third-order valence-corrected chi connectivity index (χ3v) is 3.74. The van der Waals surface area contributed by atoms with Crippen LogP contribution in [-0.4, -0.2) is 17.4 Å². The van der Waals surface area contributed by atoms with E-state index in [1.807, 2.05) is 5.32 Å². The van der Waals surface area contributed by atoms with Crippen LogP contribution in [0.25, 0.3) is 0 Å². The predicted octanol–water partition coefficient (Wildman–Crippen LogP) is 5.43. The molecule has 0 saturated heterocycles. The molecule has 0 atom stereocenters. The summed E-state index contributed by atoms with van der Waals surface area (Å²) in [7, 11) is 0. The zero-order chi connectivity index (χ0) is 22.5. The second-order valence-corrected chi connectivity index (χ2v) is 6.02. The van der Waals surface area contributed by atoms with Gasteiger partial charge in [-0.3, -0.25) is 14.9 Å². The first kappa shape index (κ1) is 23.0. The van der Waals surface area contributed by atoms with Crippen LogP contribution in [-0.2, 0) is 17.1 Å². The van der Waals surface area contributed by atoms with Crippen molar-refractivity contribution in [1.29, 1.82) is 0 Å². The Morgan fingerprint density at radius 2 is 1.57 bits per heavy atom. The summed E-state index contributed by atoms with van der Waals surface area (Å²) < 4.78 is 82.2. The van der Waals surface area contributed by atoms with Crippen molar-refractivity contribution >= 4 is 17.3 Å². The van der Waals surface area contributed by atoms with Gasteiger partial charge in [0.2, 0.25) is 5.91 Å². The molecule has 6 nitrogen and oxygen atoms in total. The van der Waals surface area contributed by atoms with Gasteiger partial charge in [0.05, 0.1) is 22.7 Å². The van der Waals surface area contributed by atoms with E-state index in [0.29, 0.717) is 12.1 Å². The van der Waals surface area contributed by atoms with E-state index in [0.717, 1.165) is 0 Å². The molecule has 0 fully saturated rings. The number of carbonyl (C=O) groups is 1. The van der Waals surface area contributed by atoms with Crippen molar-refractivity contribution in [3.8, 4) is 5.75 Å². The van der Waals surface area contributed by atoms with E-state index in [1.54, 1.807) is 0 Å². The van der Waals surface area contributed by atoms with Crippen molar-refractivity contribution < 1.29 is 40.8 Å². The van der Waals surface area contributed by atoms with Crippen molar-refractivity contribution in [1.82, 2.24) is 0 Å². The molecule has 0 spiro atoms. The van der Waals surface area contributed by atoms with Crippen LogP contribution in [0.2, 0.25) is 0 Å². The number of alkyl halides is 6. The van der Waals surface area contributed by atoms with Crippen LogP contribution in [0.1, 0.15) is 24.0 Å². The molecule has 0 saturated carbocycles. The van der Waals surface area contributed by atoms with Gasteiger partial charge in [-0.2, -0.15) is 26.3 Å². The minimum absolute atomic E-state index is 0.0168. The first-order chi connectivity index (χ1) is 13.9. The van der Waals surface area contributed by atoms with Crippen LogP contribution in [0.3, 0.4) is 0 Å². The van der Waals surface area contributed by atoms with Crippen LogP contribution in [0.4, 0.5) is 37.7 Å². The molecular weight excluding hydrogens is 422 g/mol. The Morgan fingerprint density at radius 1 is 1.00 bits per heavy atom. The van der Waals surface area contributed by atoms with Crippen LogP contribution in [0.15, 0.2) is 42.5 Å². The summed E-state index contributed by atoms with van der Waals surface area (Å²) >= 11 is 0. The van der Waals surface area contributed by atoms with Gasteiger partial charge in [0.15, 0.2) is 5.75 Å². The summed E-state index contributed by atoms with van der Waals surface area (Å²) in [6.07, 6.45) is -10.3. The number of hydrogen-bond acceptors (Lipinski definition) is 4. The molecule has 0 aliphatic rings. The largest absolute Gasteiger partial charge is 0.487 e. The summed E-state index contributed by atoms with van der Waals surface area (Å²) in [6, 6.07) is 6.25. The zero-order valence-corrected chi connectivity index (χ0v) is 15.0. The SMILES string of the molecule is O=C(CCCOc1ccccc1[N+](=O)[O-])Nc1cc(C(F)(F)F)cc(C(F)(F)F)c1. The van der Waals surface area contributed by atoms with E-state index in [1.165, 1.54) is 24.3 Å². The molecule has 0 unspecified atom stereocenters. The number of carbonyl (C=O) groups excluding carboxylic acids is 1. The molecule has 1 N–H and O–H groups in total. The average molecular weight is 436 g/mol. The maximum atomic E-state index is 12.8. The molecule has 12 heteroatoms. The molecule has 0 bridgehead atoms. The van der Waals surface area contributed by atoms with Crippen LogP contribution >= 0.6 is 0 Å². The summed E-state index contributed by atoms with van der Waals surface area (Å²) in [6.45, 7) is -0.130. The Morgan fingerprint density at radius 3 is 2.10 bits per heavy atom. The minimum Gasteiger partial charge on any atom is -0.487 e. The Balaban J connectivity index is 1.99. The number of rotatable bonds is 7. The fraction of sp³-hybridized carbons (Fsp3) is 0.278. The van der Waals surface area contributed by atoms with E-state index in [2.05, 4.69) is 0 Å². The number of hydrogen-bond donors (Lipinski definition) is 1. The first-order valence-electron chi connectivity index (χ1n) is 8.33. The lowest BCUT2D eigenvalue weighted by atomic mass is 10.1. The fourth-order valence-electron chi connectivity index (χ4n) is 2.40. The maximum Gasteiger partial charge on any atom is 0.416 e. The Bertz CT molecular complexity index is 895. The van der Waals surface area contributed by atoms with Gasteiger partial charge in [-0.05, 0) is 30.7 Å². The van der Waals surface area contributed by atoms with Crippen LogP contribution in [0.5, 0.6) is 5.75 Å². The molecule has 0 aliphatic carbocycles. The predicted molar refractivity (Wildman–Crippen MR) is 92.9 cm³/mol. The second-order valence-electron chi connectivity index (χ2n) is 6.02. The minimum atomic E-state index is -5.03. The third-order valence-electron chi connectivity index (χ3n) is 3.74. The molecular formula is C18H14F6N2O4. The topological polar surface area (TPSA) is 81.5 Å². The highest BCUT2D eigenvalue weighted by molar-refractivity contribution is 5.90. The van der Waals surface area contributed by atoms with Crippen molar-refractivity contribution in [2.75, 3.05) is 11.9 Å². The van der Waals surface area contributed by atoms with Crippen molar-refractivity contribution in [2.45, 2.75) is 25.2 Å². The first-order valence-corrected chi connectivity index (χ1v) is 8.33. The highest BCUT2D eigenvalue weighted by Gasteiger charge is 2.37. The number of anilines is 1. The standard InChI is InChI=1S/C18H14F6N2O4/c19-17(20,21)11-8-12(18(22,23)24)10-13(9-11)25-16(27)6-3-7-30-15-5-2-1-4-14(15)26(28)29/h1-2,4-5,8-10H,3,6-7H2,(H,25,27). The Labute approximate surface area is 165 Å². The van der Waals surface area contributed by atoms with E-state index in [4.69, 9.17) is 4.74 Å². The third kappa shape index (κ3) is 6.36. The monoisotopic (exact) mass is 436 g/mol. The highest BCUT2D eigenvalue weighted by atomic mass is 19.4. The van der Waals surface area contributed by atoms with Gasteiger partial charge in [0.25, 0.3) is 0 Å². The summed E-state index contributed by atoms with van der Waals surface area (Å²) in [5.41, 5.74) is -4.04. The molecule has 2 rings (SSSR count). The molecule has 0 aliphatic heterocycles. The molecule has 2 aromatic carbocycles. The quantitative estimate of drug-likeness (QED) is 0.272. The summed E-state index contributed by atoms with van der Waals surface area (Å²) in [4.78, 5) is 22.1. The van der Waals surface area contributed by atoms with Gasteiger partial charge in [-0.1, -0.05) is 12.1 Å². The molecule has 0 heterocycles. The molecule has 0 aromatic heterocycles. The number of nitrogens with zero attached hydrogens (tertiary/aromatic N) is 1. The molecule has 2 aromatic rings. The van der Waals surface area contributed by atoms with Gasteiger partial charge in [0, 0.05) is 18.2 Å². The maximum absolute atomic E-state index is 12.8. The smallest absolute Gasteiger partial charge is 0.416 e. The van der Waals surface area contributed by atoms with Crippen molar-refractivity contribution in [2.24, 2.45) is 0 Å². The highest BCUT2D eigenvalue weighted by Crippen LogP contribution is 2.37. The molecule has 0 radical (unpaired) electrons. The van der Waals surface area contributed by atoms with Gasteiger partial charge < -0.3 is 10.1 Å². The van der Waals surface area contributed by atoms with Crippen LogP contribution < -0.4 is 10.1 Å². The number of halogens is 6. The fourth-order valence-corrected chi connectivity index (χ4v) is 2.40. The van der Waals surface area contributed by atoms with E-state index >= 15 is 0 Å². The zero-order valence-electron chi connectivity index (χ0n) is 15.0. The lowest BCUT2D eigenvalue weighted by Crippen LogP contribution is -2.16. The van der Waals surface area contributed by atoms with E-state index in [9.17, 15) is 41.3 Å². The lowest BCUT2D eigenvalue weighted by molar-refractivity contribution is -0.385. The molecule has 30 heavy (non-hydrogen) atoms. The van der Waals surface area contributed by atoms with Crippen molar-refractivity contribution in [3.63, 3.8) is 0 Å². The number of nitrogens with one attached hydrogen (secondary N) is 1. The van der Waals surface area contributed by atoms with Gasteiger partial charge in [-0.25, -0.2) is 0 Å². The Hall–Kier alpha value is -3.31. The number of benzene rings is 2. The van der Waals surface area contributed by atoms with Gasteiger partial charge in [-0.15, -0.1) is 0 Å². The van der Waals surface area contributed by atoms with E-state index < -0.39 is 40.0 Å². The number of ether oxygens (including phenoxy) is 1. The number of amides is 1. The number of nitro groups is 1.